The van der Waals surface area contributed by atoms with Crippen molar-refractivity contribution in [3.63, 3.8) is 0 Å². The predicted octanol–water partition coefficient (Wildman–Crippen LogP) is 0.0985. The average molecular weight is 367 g/mol. The van der Waals surface area contributed by atoms with Gasteiger partial charge in [-0.05, 0) is 0 Å². The van der Waals surface area contributed by atoms with Gasteiger partial charge in [-0.1, -0.05) is 0 Å². The van der Waals surface area contributed by atoms with E-state index in [4.69, 9.17) is 59.2 Å². The van der Waals surface area contributed by atoms with Gasteiger partial charge < -0.3 is 59.2 Å². The zero-order valence-electron chi connectivity index (χ0n) is 5.74. The minimum absolute atomic E-state index is 0. The van der Waals surface area contributed by atoms with Crippen LogP contribution >= 0.6 is 0 Å². The Bertz CT molecular complexity index is 78.4. The van der Waals surface area contributed by atoms with Crippen molar-refractivity contribution in [3.05, 3.63) is 32.9 Å². The van der Waals surface area contributed by atoms with E-state index in [1.54, 1.807) is 0 Å². The number of hydrogen-bond acceptors (Lipinski definition) is 5. The zero-order chi connectivity index (χ0) is 10.0. The first-order valence-electron chi connectivity index (χ1n) is 1.12. The summed E-state index contributed by atoms with van der Waals surface area (Å²) in [6.45, 7) is 23.8. The Kier molecular flexibility index (Phi) is 16200. The van der Waals surface area contributed by atoms with Gasteiger partial charge in [0.1, 0.15) is 0 Å². The van der Waals surface area contributed by atoms with Gasteiger partial charge >= 0.3 is 60.1 Å². The van der Waals surface area contributed by atoms with Gasteiger partial charge in [0, 0.05) is 0 Å². The van der Waals surface area contributed by atoms with E-state index in [1.165, 1.54) is 0 Å². The van der Waals surface area contributed by atoms with Crippen molar-refractivity contribution in [2.24, 2.45) is 0 Å². The molecule has 0 saturated heterocycles. The molecule has 0 unspecified atom stereocenters. The van der Waals surface area contributed by atoms with Crippen molar-refractivity contribution in [3.8, 4) is 0 Å². The van der Waals surface area contributed by atoms with Gasteiger partial charge in [-0.2, -0.15) is 0 Å². The first kappa shape index (κ1) is 63.1. The molecule has 0 aromatic carbocycles. The van der Waals surface area contributed by atoms with E-state index < -0.39 is 0 Å². The van der Waals surface area contributed by atoms with Crippen LogP contribution in [0.2, 0.25) is 0 Å². The second-order valence-electron chi connectivity index (χ2n) is 0. The molecule has 0 radical (unpaired) electrons. The largest absolute Gasteiger partial charge is 3.00 e. The van der Waals surface area contributed by atoms with E-state index in [0.29, 0.717) is 0 Å². The molecule has 0 aromatic heterocycles. The van der Waals surface area contributed by atoms with Crippen LogP contribution < -0.4 is 0 Å². The van der Waals surface area contributed by atoms with E-state index in [2.05, 4.69) is 0 Å². The molecule has 0 atom stereocenters. The molecule has 0 rings (SSSR count). The molecule has 0 amide bonds. The van der Waals surface area contributed by atoms with Crippen molar-refractivity contribution < 1.29 is 22.4 Å². The van der Waals surface area contributed by atoms with E-state index >= 15 is 0 Å². The molecule has 0 saturated carbocycles. The van der Waals surface area contributed by atoms with Crippen LogP contribution in [0.5, 0.6) is 0 Å². The fraction of sp³-hybridized carbons (Fsp3) is 0. The molecule has 5 nitrogen and oxygen atoms in total. The standard InChI is InChI=1S/5CN.Au.Ca/c5*1-2;;/q5*-1;+3;+2. The monoisotopic (exact) mass is 367 g/mol. The van der Waals surface area contributed by atoms with Crippen LogP contribution in [-0.4, -0.2) is 37.7 Å². The first-order valence-corrected chi connectivity index (χ1v) is 1.12. The molecule has 0 N–H and O–H groups in total. The third-order valence-electron chi connectivity index (χ3n) is 0. The number of rotatable bonds is 0. The Morgan fingerprint density at radius 1 is 0.417 bits per heavy atom. The average Bonchev–Trinajstić information content (AvgIpc) is 2.20. The normalized spacial score (nSPS) is 0.833. The van der Waals surface area contributed by atoms with E-state index in [1.807, 2.05) is 0 Å². The number of nitrogens with zero attached hydrogens (tertiary/aromatic N) is 5. The third-order valence-corrected chi connectivity index (χ3v) is 0. The Balaban J connectivity index is -0.00000000500. The van der Waals surface area contributed by atoms with E-state index in [-0.39, 0.29) is 60.1 Å². The molecule has 7 heteroatoms. The Morgan fingerprint density at radius 2 is 0.417 bits per heavy atom. The molecule has 0 aliphatic carbocycles. The summed E-state index contributed by atoms with van der Waals surface area (Å²) in [5, 5.41) is 31.2. The molecule has 0 bridgehead atoms. The van der Waals surface area contributed by atoms with Crippen molar-refractivity contribution in [2.75, 3.05) is 0 Å². The Morgan fingerprint density at radius 3 is 0.417 bits per heavy atom. The fourth-order valence-corrected chi connectivity index (χ4v) is 0. The van der Waals surface area contributed by atoms with Crippen molar-refractivity contribution in [2.45, 2.75) is 0 Å². The van der Waals surface area contributed by atoms with Gasteiger partial charge in [0.15, 0.2) is 0 Å². The molecule has 0 spiro atoms. The summed E-state index contributed by atoms with van der Waals surface area (Å²) < 4.78 is 0. The van der Waals surface area contributed by atoms with Gasteiger partial charge in [0.25, 0.3) is 0 Å². The zero-order valence-corrected chi connectivity index (χ0v) is 10.1. The maximum atomic E-state index is 6.25. The summed E-state index contributed by atoms with van der Waals surface area (Å²) in [5.74, 6) is 0. The summed E-state index contributed by atoms with van der Waals surface area (Å²) in [4.78, 5) is 0. The Labute approximate surface area is 118 Å². The van der Waals surface area contributed by atoms with Gasteiger partial charge in [-0.25, -0.2) is 0 Å². The molecular formula is C5AuCaN5. The van der Waals surface area contributed by atoms with Crippen LogP contribution in [0.1, 0.15) is 0 Å². The number of hydrogen-bond donors (Lipinski definition) is 0. The predicted molar refractivity (Wildman–Crippen MR) is 30.6 cm³/mol. The van der Waals surface area contributed by atoms with Gasteiger partial charge in [0.2, 0.25) is 0 Å². The van der Waals surface area contributed by atoms with Crippen LogP contribution in [0.15, 0.2) is 0 Å². The molecule has 0 aromatic rings. The van der Waals surface area contributed by atoms with Crippen LogP contribution in [-0.2, 0) is 22.4 Å². The third kappa shape index (κ3) is 2230. The molecule has 0 aliphatic heterocycles. The molecule has 12 heavy (non-hydrogen) atoms. The van der Waals surface area contributed by atoms with E-state index in [9.17, 15) is 0 Å². The molecule has 58 valence electrons. The SMILES string of the molecule is [Au+3].[C-]#N.[C-]#N.[C-]#N.[C-]#N.[C-]#N.[Ca+2]. The second kappa shape index (κ2) is 3080. The van der Waals surface area contributed by atoms with Gasteiger partial charge in [-0.3, -0.25) is 0 Å². The molecular weight excluding hydrogens is 367 g/mol. The summed E-state index contributed by atoms with van der Waals surface area (Å²) in [7, 11) is 0. The smallest absolute Gasteiger partial charge is 0.512 e. The van der Waals surface area contributed by atoms with Crippen molar-refractivity contribution >= 4 is 37.7 Å². The van der Waals surface area contributed by atoms with Gasteiger partial charge in [0.05, 0.1) is 0 Å². The van der Waals surface area contributed by atoms with Crippen LogP contribution in [0, 0.1) is 59.2 Å². The minimum atomic E-state index is 0. The topological polar surface area (TPSA) is 119 Å². The molecule has 0 fully saturated rings. The van der Waals surface area contributed by atoms with Crippen molar-refractivity contribution in [1.82, 2.24) is 0 Å². The first-order chi connectivity index (χ1) is 5.00. The van der Waals surface area contributed by atoms with Crippen molar-refractivity contribution in [1.29, 1.82) is 26.3 Å². The summed E-state index contributed by atoms with van der Waals surface area (Å²) in [6.07, 6.45) is 0. The second-order valence-corrected chi connectivity index (χ2v) is 0. The maximum Gasteiger partial charge on any atom is 3.00 e. The molecule has 0 aliphatic rings. The summed E-state index contributed by atoms with van der Waals surface area (Å²) in [6, 6.07) is 0. The van der Waals surface area contributed by atoms with Gasteiger partial charge in [-0.15, -0.1) is 0 Å². The Hall–Kier alpha value is -0.550. The minimum Gasteiger partial charge on any atom is -0.512 e. The van der Waals surface area contributed by atoms with E-state index in [0.717, 1.165) is 0 Å². The van der Waals surface area contributed by atoms with Crippen LogP contribution in [0.25, 0.3) is 0 Å². The molecule has 0 heterocycles. The summed E-state index contributed by atoms with van der Waals surface area (Å²) >= 11 is 0. The maximum absolute atomic E-state index is 6.25. The van der Waals surface area contributed by atoms with Crippen LogP contribution in [0.4, 0.5) is 0 Å². The quantitative estimate of drug-likeness (QED) is 0.444. The fourth-order valence-electron chi connectivity index (χ4n) is 0. The van der Waals surface area contributed by atoms with Crippen LogP contribution in [0.3, 0.4) is 0 Å². The summed E-state index contributed by atoms with van der Waals surface area (Å²) in [5.41, 5.74) is 0.